The molecule has 0 unspecified atom stereocenters. The molecule has 0 aliphatic heterocycles. The van der Waals surface area contributed by atoms with Crippen LogP contribution in [0.15, 0.2) is 42.5 Å². The molecule has 2 rings (SSSR count). The zero-order valence-electron chi connectivity index (χ0n) is 11.9. The molecule has 0 aromatic heterocycles. The summed E-state index contributed by atoms with van der Waals surface area (Å²) in [4.78, 5) is 12.2. The van der Waals surface area contributed by atoms with E-state index >= 15 is 0 Å². The van der Waals surface area contributed by atoms with Gasteiger partial charge in [-0.05, 0) is 37.3 Å². The number of hydrogen-bond acceptors (Lipinski definition) is 4. The zero-order chi connectivity index (χ0) is 15.2. The summed E-state index contributed by atoms with van der Waals surface area (Å²) in [5, 5.41) is 12.1. The van der Waals surface area contributed by atoms with Gasteiger partial charge in [0.25, 0.3) is 5.91 Å². The molecule has 5 heteroatoms. The molecular weight excluding hydrogens is 270 g/mol. The number of anilines is 1. The zero-order valence-corrected chi connectivity index (χ0v) is 11.9. The highest BCUT2D eigenvalue weighted by atomic mass is 16.5. The highest BCUT2D eigenvalue weighted by Gasteiger charge is 2.11. The van der Waals surface area contributed by atoms with Crippen LogP contribution < -0.4 is 14.8 Å². The highest BCUT2D eigenvalue weighted by Crippen LogP contribution is 2.28. The largest absolute Gasteiger partial charge is 0.508 e. The first-order valence-corrected chi connectivity index (χ1v) is 6.55. The van der Waals surface area contributed by atoms with E-state index in [1.807, 2.05) is 6.92 Å². The van der Waals surface area contributed by atoms with Crippen molar-refractivity contribution < 1.29 is 19.4 Å². The van der Waals surface area contributed by atoms with E-state index in [0.717, 1.165) is 0 Å². The molecule has 2 N–H and O–H groups in total. The number of methoxy groups -OCH3 is 1. The molecule has 1 amide bonds. The monoisotopic (exact) mass is 287 g/mol. The lowest BCUT2D eigenvalue weighted by Crippen LogP contribution is -2.12. The number of phenols is 1. The number of benzene rings is 2. The average molecular weight is 287 g/mol. The Labute approximate surface area is 123 Å². The van der Waals surface area contributed by atoms with Gasteiger partial charge in [-0.15, -0.1) is 0 Å². The third-order valence-electron chi connectivity index (χ3n) is 2.83. The smallest absolute Gasteiger partial charge is 0.255 e. The number of carbonyl (C=O) groups excluding carboxylic acids is 1. The summed E-state index contributed by atoms with van der Waals surface area (Å²) in [6.07, 6.45) is 0. The second kappa shape index (κ2) is 6.65. The van der Waals surface area contributed by atoms with Gasteiger partial charge >= 0.3 is 0 Å². The first kappa shape index (κ1) is 14.7. The quantitative estimate of drug-likeness (QED) is 0.887. The Morgan fingerprint density at radius 3 is 2.67 bits per heavy atom. The Kier molecular flexibility index (Phi) is 4.66. The Hall–Kier alpha value is -2.69. The number of carbonyl (C=O) groups is 1. The van der Waals surface area contributed by atoms with Gasteiger partial charge in [0.2, 0.25) is 0 Å². The molecule has 2 aromatic rings. The second-order valence-electron chi connectivity index (χ2n) is 4.30. The summed E-state index contributed by atoms with van der Waals surface area (Å²) in [5.41, 5.74) is 0.969. The van der Waals surface area contributed by atoms with Gasteiger partial charge in [0.15, 0.2) is 11.5 Å². The molecule has 0 spiro atoms. The van der Waals surface area contributed by atoms with Crippen LogP contribution in [0.4, 0.5) is 5.69 Å². The van der Waals surface area contributed by atoms with Crippen molar-refractivity contribution in [1.82, 2.24) is 0 Å². The van der Waals surface area contributed by atoms with Crippen LogP contribution in [0, 0.1) is 0 Å². The van der Waals surface area contributed by atoms with Crippen LogP contribution in [0.1, 0.15) is 17.3 Å². The number of hydrogen-bond donors (Lipinski definition) is 2. The van der Waals surface area contributed by atoms with Crippen molar-refractivity contribution in [2.75, 3.05) is 19.0 Å². The van der Waals surface area contributed by atoms with Gasteiger partial charge in [-0.25, -0.2) is 0 Å². The van der Waals surface area contributed by atoms with E-state index in [2.05, 4.69) is 5.32 Å². The number of ether oxygens (including phenoxy) is 2. The van der Waals surface area contributed by atoms with Crippen molar-refractivity contribution in [3.8, 4) is 17.2 Å². The number of phenolic OH excluding ortho intramolecular Hbond substituents is 1. The van der Waals surface area contributed by atoms with Crippen LogP contribution in [0.2, 0.25) is 0 Å². The Morgan fingerprint density at radius 2 is 2.00 bits per heavy atom. The van der Waals surface area contributed by atoms with Crippen molar-refractivity contribution in [2.24, 2.45) is 0 Å². The minimum Gasteiger partial charge on any atom is -0.508 e. The number of aromatic hydroxyl groups is 1. The maximum atomic E-state index is 12.2. The maximum Gasteiger partial charge on any atom is 0.255 e. The van der Waals surface area contributed by atoms with Crippen LogP contribution in [-0.4, -0.2) is 24.7 Å². The summed E-state index contributed by atoms with van der Waals surface area (Å²) in [6, 6.07) is 11.3. The minimum atomic E-state index is -0.288. The van der Waals surface area contributed by atoms with E-state index in [9.17, 15) is 9.90 Å². The second-order valence-corrected chi connectivity index (χ2v) is 4.30. The molecule has 0 aliphatic carbocycles. The van der Waals surface area contributed by atoms with Crippen molar-refractivity contribution in [3.63, 3.8) is 0 Å². The summed E-state index contributed by atoms with van der Waals surface area (Å²) in [7, 11) is 1.55. The van der Waals surface area contributed by atoms with E-state index in [1.54, 1.807) is 37.4 Å². The Morgan fingerprint density at radius 1 is 1.19 bits per heavy atom. The molecule has 110 valence electrons. The average Bonchev–Trinajstić information content (AvgIpc) is 2.47. The molecule has 0 heterocycles. The first-order chi connectivity index (χ1) is 10.1. The van der Waals surface area contributed by atoms with Gasteiger partial charge < -0.3 is 19.9 Å². The van der Waals surface area contributed by atoms with Crippen LogP contribution in [0.25, 0.3) is 0 Å². The summed E-state index contributed by atoms with van der Waals surface area (Å²) < 4.78 is 10.6. The summed E-state index contributed by atoms with van der Waals surface area (Å²) in [5.74, 6) is 0.899. The van der Waals surface area contributed by atoms with Gasteiger partial charge in [-0.3, -0.25) is 4.79 Å². The molecule has 0 atom stereocenters. The van der Waals surface area contributed by atoms with E-state index in [4.69, 9.17) is 9.47 Å². The fourth-order valence-corrected chi connectivity index (χ4v) is 1.87. The Balaban J connectivity index is 2.21. The van der Waals surface area contributed by atoms with Crippen LogP contribution >= 0.6 is 0 Å². The fraction of sp³-hybridized carbons (Fsp3) is 0.188. The van der Waals surface area contributed by atoms with Crippen molar-refractivity contribution in [2.45, 2.75) is 6.92 Å². The molecule has 0 aliphatic rings. The van der Waals surface area contributed by atoms with Gasteiger partial charge in [-0.2, -0.15) is 0 Å². The minimum absolute atomic E-state index is 0.0949. The van der Waals surface area contributed by atoms with E-state index in [0.29, 0.717) is 29.4 Å². The number of rotatable bonds is 5. The SMILES string of the molecule is CCOc1cc(C(=O)Nc2cccc(O)c2)ccc1OC. The van der Waals surface area contributed by atoms with E-state index < -0.39 is 0 Å². The van der Waals surface area contributed by atoms with Crippen LogP contribution in [0.5, 0.6) is 17.2 Å². The molecule has 0 radical (unpaired) electrons. The molecule has 21 heavy (non-hydrogen) atoms. The highest BCUT2D eigenvalue weighted by molar-refractivity contribution is 6.04. The van der Waals surface area contributed by atoms with Crippen molar-refractivity contribution in [3.05, 3.63) is 48.0 Å². The van der Waals surface area contributed by atoms with E-state index in [-0.39, 0.29) is 11.7 Å². The standard InChI is InChI=1S/C16H17NO4/c1-3-21-15-9-11(7-8-14(15)20-2)16(19)17-12-5-4-6-13(18)10-12/h4-10,18H,3H2,1-2H3,(H,17,19). The van der Waals surface area contributed by atoms with Gasteiger partial charge in [0.05, 0.1) is 13.7 Å². The number of amides is 1. The molecule has 0 saturated heterocycles. The molecule has 5 nitrogen and oxygen atoms in total. The third-order valence-corrected chi connectivity index (χ3v) is 2.83. The molecule has 0 bridgehead atoms. The lowest BCUT2D eigenvalue weighted by atomic mass is 10.2. The fourth-order valence-electron chi connectivity index (χ4n) is 1.87. The normalized spacial score (nSPS) is 10.0. The predicted octanol–water partition coefficient (Wildman–Crippen LogP) is 3.05. The molecular formula is C16H17NO4. The number of nitrogens with one attached hydrogen (secondary N) is 1. The van der Waals surface area contributed by atoms with Crippen LogP contribution in [0.3, 0.4) is 0 Å². The van der Waals surface area contributed by atoms with Gasteiger partial charge in [0.1, 0.15) is 5.75 Å². The topological polar surface area (TPSA) is 67.8 Å². The Bertz CT molecular complexity index is 640. The summed E-state index contributed by atoms with van der Waals surface area (Å²) >= 11 is 0. The molecule has 2 aromatic carbocycles. The molecule has 0 fully saturated rings. The van der Waals surface area contributed by atoms with Crippen molar-refractivity contribution >= 4 is 11.6 Å². The van der Waals surface area contributed by atoms with Crippen molar-refractivity contribution in [1.29, 1.82) is 0 Å². The third kappa shape index (κ3) is 3.66. The predicted molar refractivity (Wildman–Crippen MR) is 80.2 cm³/mol. The van der Waals surface area contributed by atoms with Gasteiger partial charge in [0, 0.05) is 17.3 Å². The van der Waals surface area contributed by atoms with E-state index in [1.165, 1.54) is 12.1 Å². The summed E-state index contributed by atoms with van der Waals surface area (Å²) in [6.45, 7) is 2.34. The lowest BCUT2D eigenvalue weighted by Gasteiger charge is -2.11. The first-order valence-electron chi connectivity index (χ1n) is 6.55. The maximum absolute atomic E-state index is 12.2. The molecule has 0 saturated carbocycles. The lowest BCUT2D eigenvalue weighted by molar-refractivity contribution is 0.102. The van der Waals surface area contributed by atoms with Crippen LogP contribution in [-0.2, 0) is 0 Å². The van der Waals surface area contributed by atoms with Gasteiger partial charge in [-0.1, -0.05) is 6.07 Å².